The van der Waals surface area contributed by atoms with E-state index in [2.05, 4.69) is 15.4 Å². The lowest BCUT2D eigenvalue weighted by Crippen LogP contribution is -2.19. The molecule has 3 rings (SSSR count). The van der Waals surface area contributed by atoms with E-state index >= 15 is 0 Å². The molecular formula is C19H20F2N4. The average Bonchev–Trinajstić information content (AvgIpc) is 3.06. The summed E-state index contributed by atoms with van der Waals surface area (Å²) in [5.74, 6) is 0. The number of para-hydroxylation sites is 1. The van der Waals surface area contributed by atoms with Crippen LogP contribution in [0, 0.1) is 6.92 Å². The quantitative estimate of drug-likeness (QED) is 0.723. The predicted molar refractivity (Wildman–Crippen MR) is 92.7 cm³/mol. The zero-order valence-electron chi connectivity index (χ0n) is 14.2. The van der Waals surface area contributed by atoms with Crippen molar-refractivity contribution in [3.05, 3.63) is 77.4 Å². The fourth-order valence-electron chi connectivity index (χ4n) is 2.62. The second kappa shape index (κ2) is 7.53. The summed E-state index contributed by atoms with van der Waals surface area (Å²) in [6.45, 7) is 4.57. The molecule has 3 aromatic rings. The smallest absolute Gasteiger partial charge is 0.280 e. The van der Waals surface area contributed by atoms with Crippen LogP contribution in [0.25, 0.3) is 5.69 Å². The van der Waals surface area contributed by atoms with Gasteiger partial charge in [0, 0.05) is 25.0 Å². The molecule has 0 aliphatic rings. The molecule has 130 valence electrons. The molecule has 2 heterocycles. The van der Waals surface area contributed by atoms with Crippen molar-refractivity contribution in [2.45, 2.75) is 32.9 Å². The summed E-state index contributed by atoms with van der Waals surface area (Å²) in [5, 5.41) is 7.87. The molecular weight excluding hydrogens is 322 g/mol. The number of aryl methyl sites for hydroxylation is 1. The molecule has 1 unspecified atom stereocenters. The lowest BCUT2D eigenvalue weighted by Gasteiger charge is -2.16. The maximum absolute atomic E-state index is 12.6. The minimum atomic E-state index is -2.54. The average molecular weight is 342 g/mol. The van der Waals surface area contributed by atoms with Crippen LogP contribution in [0.2, 0.25) is 0 Å². The summed E-state index contributed by atoms with van der Waals surface area (Å²) in [5.41, 5.74) is 3.75. The standard InChI is InChI=1S/C19H20F2N4/c1-13-9-10-25(24-13)18-6-4-3-5-16(18)12-22-14(2)15-7-8-17(19(20)21)23-11-15/h3-11,14,19,22H,12H2,1-2H3. The van der Waals surface area contributed by atoms with Gasteiger partial charge in [0.25, 0.3) is 6.43 Å². The molecule has 0 amide bonds. The molecule has 0 fully saturated rings. The lowest BCUT2D eigenvalue weighted by atomic mass is 10.1. The summed E-state index contributed by atoms with van der Waals surface area (Å²) in [6.07, 6.45) is 0.897. The zero-order chi connectivity index (χ0) is 17.8. The zero-order valence-corrected chi connectivity index (χ0v) is 14.2. The first-order chi connectivity index (χ1) is 12.0. The van der Waals surface area contributed by atoms with Crippen molar-refractivity contribution in [1.82, 2.24) is 20.1 Å². The molecule has 0 bridgehead atoms. The minimum Gasteiger partial charge on any atom is -0.306 e. The van der Waals surface area contributed by atoms with E-state index in [1.54, 1.807) is 6.07 Å². The normalized spacial score (nSPS) is 12.5. The first kappa shape index (κ1) is 17.2. The number of nitrogens with one attached hydrogen (secondary N) is 1. The predicted octanol–water partition coefficient (Wildman–Crippen LogP) is 4.36. The van der Waals surface area contributed by atoms with Crippen molar-refractivity contribution in [1.29, 1.82) is 0 Å². The van der Waals surface area contributed by atoms with E-state index < -0.39 is 6.43 Å². The number of benzene rings is 1. The Bertz CT molecular complexity index is 827. The summed E-state index contributed by atoms with van der Waals surface area (Å²) in [6, 6.07) is 13.0. The second-order valence-electron chi connectivity index (χ2n) is 5.95. The highest BCUT2D eigenvalue weighted by molar-refractivity contribution is 5.40. The second-order valence-corrected chi connectivity index (χ2v) is 5.95. The molecule has 0 saturated heterocycles. The van der Waals surface area contributed by atoms with Gasteiger partial charge < -0.3 is 5.32 Å². The fourth-order valence-corrected chi connectivity index (χ4v) is 2.62. The van der Waals surface area contributed by atoms with Crippen LogP contribution in [0.15, 0.2) is 54.9 Å². The Balaban J connectivity index is 1.71. The largest absolute Gasteiger partial charge is 0.306 e. The Morgan fingerprint density at radius 1 is 1.12 bits per heavy atom. The molecule has 0 spiro atoms. The van der Waals surface area contributed by atoms with Crippen LogP contribution in [0.3, 0.4) is 0 Å². The van der Waals surface area contributed by atoms with E-state index in [9.17, 15) is 8.78 Å². The number of pyridine rings is 1. The van der Waals surface area contributed by atoms with Crippen molar-refractivity contribution < 1.29 is 8.78 Å². The summed E-state index contributed by atoms with van der Waals surface area (Å²) >= 11 is 0. The number of rotatable bonds is 6. The van der Waals surface area contributed by atoms with E-state index in [-0.39, 0.29) is 11.7 Å². The van der Waals surface area contributed by atoms with Crippen molar-refractivity contribution >= 4 is 0 Å². The van der Waals surface area contributed by atoms with Gasteiger partial charge in [-0.2, -0.15) is 5.10 Å². The Kier molecular flexibility index (Phi) is 5.19. The number of aromatic nitrogens is 3. The van der Waals surface area contributed by atoms with Gasteiger partial charge in [0.05, 0.1) is 11.4 Å². The number of hydrogen-bond acceptors (Lipinski definition) is 3. The van der Waals surface area contributed by atoms with Gasteiger partial charge in [0.1, 0.15) is 5.69 Å². The molecule has 1 atom stereocenters. The van der Waals surface area contributed by atoms with E-state index in [1.165, 1.54) is 12.3 Å². The molecule has 0 saturated carbocycles. The molecule has 0 aliphatic carbocycles. The van der Waals surface area contributed by atoms with Crippen LogP contribution >= 0.6 is 0 Å². The molecule has 6 heteroatoms. The highest BCUT2D eigenvalue weighted by Gasteiger charge is 2.12. The molecule has 1 aromatic carbocycles. The molecule has 25 heavy (non-hydrogen) atoms. The number of halogens is 2. The molecule has 0 aliphatic heterocycles. The Labute approximate surface area is 145 Å². The monoisotopic (exact) mass is 342 g/mol. The Hall–Kier alpha value is -2.60. The van der Waals surface area contributed by atoms with Gasteiger partial charge in [-0.3, -0.25) is 4.98 Å². The van der Waals surface area contributed by atoms with Crippen molar-refractivity contribution in [3.63, 3.8) is 0 Å². The van der Waals surface area contributed by atoms with Gasteiger partial charge in [-0.25, -0.2) is 13.5 Å². The van der Waals surface area contributed by atoms with Gasteiger partial charge in [-0.15, -0.1) is 0 Å². The number of hydrogen-bond donors (Lipinski definition) is 1. The summed E-state index contributed by atoms with van der Waals surface area (Å²) in [4.78, 5) is 3.82. The van der Waals surface area contributed by atoms with Crippen LogP contribution in [0.1, 0.15) is 41.9 Å². The number of nitrogens with zero attached hydrogens (tertiary/aromatic N) is 3. The first-order valence-corrected chi connectivity index (χ1v) is 8.12. The maximum Gasteiger partial charge on any atom is 0.280 e. The van der Waals surface area contributed by atoms with Gasteiger partial charge in [0.2, 0.25) is 0 Å². The fraction of sp³-hybridized carbons (Fsp3) is 0.263. The van der Waals surface area contributed by atoms with Crippen LogP contribution in [0.4, 0.5) is 8.78 Å². The van der Waals surface area contributed by atoms with Crippen molar-refractivity contribution in [3.8, 4) is 5.69 Å². The van der Waals surface area contributed by atoms with Crippen molar-refractivity contribution in [2.24, 2.45) is 0 Å². The lowest BCUT2D eigenvalue weighted by molar-refractivity contribution is 0.146. The van der Waals surface area contributed by atoms with Gasteiger partial charge in [0.15, 0.2) is 0 Å². The van der Waals surface area contributed by atoms with Gasteiger partial charge in [-0.05, 0) is 43.2 Å². The molecule has 2 aromatic heterocycles. The first-order valence-electron chi connectivity index (χ1n) is 8.12. The summed E-state index contributed by atoms with van der Waals surface area (Å²) < 4.78 is 27.0. The van der Waals surface area contributed by atoms with E-state index in [0.717, 1.165) is 22.5 Å². The highest BCUT2D eigenvalue weighted by atomic mass is 19.3. The SMILES string of the molecule is Cc1ccn(-c2ccccc2CNC(C)c2ccc(C(F)F)nc2)n1. The van der Waals surface area contributed by atoms with Crippen LogP contribution in [-0.2, 0) is 6.54 Å². The molecule has 1 N–H and O–H groups in total. The van der Waals surface area contributed by atoms with Gasteiger partial charge >= 0.3 is 0 Å². The van der Waals surface area contributed by atoms with E-state index in [4.69, 9.17) is 0 Å². The highest BCUT2D eigenvalue weighted by Crippen LogP contribution is 2.20. The summed E-state index contributed by atoms with van der Waals surface area (Å²) in [7, 11) is 0. The molecule has 0 radical (unpaired) electrons. The number of alkyl halides is 2. The van der Waals surface area contributed by atoms with Crippen LogP contribution < -0.4 is 5.32 Å². The van der Waals surface area contributed by atoms with E-state index in [0.29, 0.717) is 6.54 Å². The maximum atomic E-state index is 12.6. The van der Waals surface area contributed by atoms with E-state index in [1.807, 2.05) is 55.1 Å². The third-order valence-corrected chi connectivity index (χ3v) is 4.09. The Morgan fingerprint density at radius 2 is 1.92 bits per heavy atom. The topological polar surface area (TPSA) is 42.7 Å². The van der Waals surface area contributed by atoms with Gasteiger partial charge in [-0.1, -0.05) is 24.3 Å². The third-order valence-electron chi connectivity index (χ3n) is 4.09. The third kappa shape index (κ3) is 4.09. The molecule has 4 nitrogen and oxygen atoms in total. The van der Waals surface area contributed by atoms with Crippen LogP contribution in [-0.4, -0.2) is 14.8 Å². The Morgan fingerprint density at radius 3 is 2.56 bits per heavy atom. The minimum absolute atomic E-state index is 0.00774. The van der Waals surface area contributed by atoms with Crippen LogP contribution in [0.5, 0.6) is 0 Å². The van der Waals surface area contributed by atoms with Crippen molar-refractivity contribution in [2.75, 3.05) is 0 Å².